The van der Waals surface area contributed by atoms with Crippen LogP contribution in [0.25, 0.3) is 0 Å². The summed E-state index contributed by atoms with van der Waals surface area (Å²) >= 11 is 0. The smallest absolute Gasteiger partial charge is 0.0967 e. The lowest BCUT2D eigenvalue weighted by molar-refractivity contribution is 0.256. The van der Waals surface area contributed by atoms with Crippen LogP contribution in [-0.2, 0) is 26.2 Å². The van der Waals surface area contributed by atoms with Gasteiger partial charge in [-0.3, -0.25) is 24.8 Å². The van der Waals surface area contributed by atoms with Crippen molar-refractivity contribution in [3.63, 3.8) is 0 Å². The predicted octanol–water partition coefficient (Wildman–Crippen LogP) is 1.51. The summed E-state index contributed by atoms with van der Waals surface area (Å²) in [4.78, 5) is 17.9. The first-order valence-electron chi connectivity index (χ1n) is 14.0. The Morgan fingerprint density at radius 1 is 0.700 bits per heavy atom. The normalized spacial score (nSPS) is 16.6. The Balaban J connectivity index is 1.09. The molecule has 210 valence electrons. The van der Waals surface area contributed by atoms with E-state index in [9.17, 15) is 0 Å². The van der Waals surface area contributed by atoms with Crippen LogP contribution >= 0.6 is 0 Å². The Morgan fingerprint density at radius 2 is 1.35 bits per heavy atom. The van der Waals surface area contributed by atoms with E-state index in [0.717, 1.165) is 94.3 Å². The van der Waals surface area contributed by atoms with E-state index < -0.39 is 0 Å². The second-order valence-corrected chi connectivity index (χ2v) is 10.1. The molecule has 0 bridgehead atoms. The van der Waals surface area contributed by atoms with Crippen molar-refractivity contribution in [2.24, 2.45) is 4.99 Å². The Hall–Kier alpha value is -3.87. The lowest BCUT2D eigenvalue weighted by Crippen LogP contribution is -2.35. The third-order valence-corrected chi connectivity index (χ3v) is 6.74. The van der Waals surface area contributed by atoms with Gasteiger partial charge in [0.2, 0.25) is 0 Å². The van der Waals surface area contributed by atoms with E-state index in [2.05, 4.69) is 51.8 Å². The number of nitrogens with one attached hydrogen (secondary N) is 1. The van der Waals surface area contributed by atoms with Crippen molar-refractivity contribution in [3.05, 3.63) is 84.0 Å². The molecule has 0 saturated carbocycles. The van der Waals surface area contributed by atoms with E-state index in [1.807, 2.05) is 58.6 Å². The van der Waals surface area contributed by atoms with Gasteiger partial charge in [-0.25, -0.2) is 9.36 Å². The Labute approximate surface area is 235 Å². The van der Waals surface area contributed by atoms with Crippen LogP contribution in [0.5, 0.6) is 0 Å². The van der Waals surface area contributed by atoms with Gasteiger partial charge in [0.1, 0.15) is 0 Å². The van der Waals surface area contributed by atoms with Gasteiger partial charge in [0.05, 0.1) is 36.9 Å². The summed E-state index contributed by atoms with van der Waals surface area (Å²) in [7, 11) is 0. The quantitative estimate of drug-likeness (QED) is 0.353. The molecule has 0 fully saturated rings. The first-order chi connectivity index (χ1) is 19.8. The molecule has 4 aromatic rings. The van der Waals surface area contributed by atoms with Gasteiger partial charge < -0.3 is 5.32 Å². The van der Waals surface area contributed by atoms with Crippen LogP contribution in [0.1, 0.15) is 35.4 Å². The summed E-state index contributed by atoms with van der Waals surface area (Å²) in [5.74, 6) is 0. The molecule has 1 aliphatic heterocycles. The van der Waals surface area contributed by atoms with Crippen LogP contribution in [0, 0.1) is 0 Å². The maximum atomic E-state index is 4.71. The minimum atomic E-state index is 0.674. The molecule has 0 radical (unpaired) electrons. The molecule has 0 unspecified atom stereocenters. The minimum Gasteiger partial charge on any atom is -0.315 e. The SMILES string of the molecule is C1=NCCCN(Cc2cn(Cc3cccnc3)nn2)CCNCCCN(Cc2cn(Cc3cccnc3)nn2)C1. The number of hydrogen-bond donors (Lipinski definition) is 1. The Bertz CT molecular complexity index is 1290. The Kier molecular flexibility index (Phi) is 10.4. The lowest BCUT2D eigenvalue weighted by Gasteiger charge is -2.22. The summed E-state index contributed by atoms with van der Waals surface area (Å²) in [5, 5.41) is 21.1. The average Bonchev–Trinajstić information content (AvgIpc) is 3.61. The molecule has 5 heterocycles. The molecule has 1 aliphatic rings. The molecule has 0 amide bonds. The van der Waals surface area contributed by atoms with Crippen molar-refractivity contribution in [3.8, 4) is 0 Å². The zero-order chi connectivity index (χ0) is 27.2. The van der Waals surface area contributed by atoms with Crippen molar-refractivity contribution in [2.75, 3.05) is 45.8 Å². The van der Waals surface area contributed by atoms with Crippen LogP contribution in [0.15, 0.2) is 66.4 Å². The van der Waals surface area contributed by atoms with Crippen molar-refractivity contribution in [1.82, 2.24) is 55.1 Å². The molecule has 12 nitrogen and oxygen atoms in total. The molecular formula is C28H38N12. The van der Waals surface area contributed by atoms with E-state index >= 15 is 0 Å². The molecule has 0 aliphatic carbocycles. The van der Waals surface area contributed by atoms with Crippen molar-refractivity contribution in [2.45, 2.75) is 39.0 Å². The summed E-state index contributed by atoms with van der Waals surface area (Å²) in [5.41, 5.74) is 4.19. The molecule has 4 aromatic heterocycles. The highest BCUT2D eigenvalue weighted by atomic mass is 15.4. The molecule has 0 spiro atoms. The first kappa shape index (κ1) is 27.7. The third kappa shape index (κ3) is 9.11. The molecule has 0 atom stereocenters. The summed E-state index contributed by atoms with van der Waals surface area (Å²) in [6.45, 7) is 9.32. The fourth-order valence-corrected chi connectivity index (χ4v) is 4.74. The van der Waals surface area contributed by atoms with E-state index in [0.29, 0.717) is 13.1 Å². The molecule has 12 heteroatoms. The van der Waals surface area contributed by atoms with E-state index in [1.165, 1.54) is 0 Å². The zero-order valence-corrected chi connectivity index (χ0v) is 23.0. The first-order valence-corrected chi connectivity index (χ1v) is 14.0. The van der Waals surface area contributed by atoms with Gasteiger partial charge in [-0.05, 0) is 42.6 Å². The highest BCUT2D eigenvalue weighted by Gasteiger charge is 2.12. The van der Waals surface area contributed by atoms with Gasteiger partial charge in [-0.15, -0.1) is 10.2 Å². The standard InChI is InChI=1S/C28H38N12/c1-5-25(17-31-7-1)19-39-23-27(33-35-39)21-37-13-3-9-30-12-16-38(14-4-10-29-11-15-37)22-28-24-40(36-34-28)20-26-6-2-8-32-18-26/h1-2,5-8,11,17-18,23-24,30H,3-4,9-10,12-16,19-22H2. The molecule has 0 saturated heterocycles. The lowest BCUT2D eigenvalue weighted by atomic mass is 10.3. The third-order valence-electron chi connectivity index (χ3n) is 6.74. The Morgan fingerprint density at radius 3 is 2.00 bits per heavy atom. The van der Waals surface area contributed by atoms with E-state index in [-0.39, 0.29) is 0 Å². The highest BCUT2D eigenvalue weighted by molar-refractivity contribution is 5.59. The topological polar surface area (TPSA) is 118 Å². The number of rotatable bonds is 8. The van der Waals surface area contributed by atoms with Gasteiger partial charge in [0.25, 0.3) is 0 Å². The molecular weight excluding hydrogens is 504 g/mol. The average molecular weight is 543 g/mol. The molecule has 1 N–H and O–H groups in total. The minimum absolute atomic E-state index is 0.674. The number of hydrogen-bond acceptors (Lipinski definition) is 10. The van der Waals surface area contributed by atoms with E-state index in [1.54, 1.807) is 12.4 Å². The fraction of sp³-hybridized carbons (Fsp3) is 0.464. The number of nitrogens with zero attached hydrogens (tertiary/aromatic N) is 11. The van der Waals surface area contributed by atoms with Crippen LogP contribution in [0.3, 0.4) is 0 Å². The van der Waals surface area contributed by atoms with Gasteiger partial charge in [-0.1, -0.05) is 22.6 Å². The second-order valence-electron chi connectivity index (χ2n) is 10.1. The second kappa shape index (κ2) is 15.1. The van der Waals surface area contributed by atoms with Gasteiger partial charge in [-0.2, -0.15) is 0 Å². The highest BCUT2D eigenvalue weighted by Crippen LogP contribution is 2.07. The predicted molar refractivity (Wildman–Crippen MR) is 153 cm³/mol. The van der Waals surface area contributed by atoms with Crippen molar-refractivity contribution >= 4 is 6.21 Å². The van der Waals surface area contributed by atoms with Crippen LogP contribution in [-0.4, -0.2) is 102 Å². The summed E-state index contributed by atoms with van der Waals surface area (Å²) < 4.78 is 3.76. The fourth-order valence-electron chi connectivity index (χ4n) is 4.74. The van der Waals surface area contributed by atoms with Gasteiger partial charge in [0.15, 0.2) is 0 Å². The number of aliphatic imine (C=N–C) groups is 1. The maximum absolute atomic E-state index is 4.71. The van der Waals surface area contributed by atoms with Gasteiger partial charge in [0, 0.05) is 83.4 Å². The maximum Gasteiger partial charge on any atom is 0.0967 e. The van der Waals surface area contributed by atoms with Crippen LogP contribution in [0.4, 0.5) is 0 Å². The molecule has 40 heavy (non-hydrogen) atoms. The largest absolute Gasteiger partial charge is 0.315 e. The molecule has 5 rings (SSSR count). The van der Waals surface area contributed by atoms with Gasteiger partial charge >= 0.3 is 0 Å². The van der Waals surface area contributed by atoms with Crippen LogP contribution < -0.4 is 5.32 Å². The zero-order valence-electron chi connectivity index (χ0n) is 23.0. The summed E-state index contributed by atoms with van der Waals surface area (Å²) in [6, 6.07) is 7.99. The van der Waals surface area contributed by atoms with Crippen molar-refractivity contribution in [1.29, 1.82) is 0 Å². The monoisotopic (exact) mass is 542 g/mol. The van der Waals surface area contributed by atoms with E-state index in [4.69, 9.17) is 4.99 Å². The number of pyridine rings is 2. The molecule has 0 aromatic carbocycles. The van der Waals surface area contributed by atoms with Crippen LogP contribution in [0.2, 0.25) is 0 Å². The number of aromatic nitrogens is 8. The summed E-state index contributed by atoms with van der Waals surface area (Å²) in [6.07, 6.45) is 15.5. The van der Waals surface area contributed by atoms with Crippen molar-refractivity contribution < 1.29 is 0 Å².